The van der Waals surface area contributed by atoms with Gasteiger partial charge in [0, 0.05) is 24.3 Å². The Hall–Kier alpha value is -1.53. The lowest BCUT2D eigenvalue weighted by atomic mass is 10.0. The molecule has 2 atom stereocenters. The molecule has 1 aromatic rings. The van der Waals surface area contributed by atoms with Crippen molar-refractivity contribution in [2.75, 3.05) is 11.9 Å². The van der Waals surface area contributed by atoms with Crippen molar-refractivity contribution >= 4 is 5.69 Å². The van der Waals surface area contributed by atoms with Crippen molar-refractivity contribution in [2.24, 2.45) is 5.92 Å². The molecule has 0 saturated heterocycles. The van der Waals surface area contributed by atoms with Crippen LogP contribution >= 0.6 is 0 Å². The lowest BCUT2D eigenvalue weighted by Gasteiger charge is -2.20. The van der Waals surface area contributed by atoms with Gasteiger partial charge in [0.15, 0.2) is 0 Å². The van der Waals surface area contributed by atoms with Gasteiger partial charge in [-0.25, -0.2) is 0 Å². The highest BCUT2D eigenvalue weighted by Gasteiger charge is 2.26. The van der Waals surface area contributed by atoms with Crippen molar-refractivity contribution in [3.05, 3.63) is 29.8 Å². The summed E-state index contributed by atoms with van der Waals surface area (Å²) in [5.41, 5.74) is 1.71. The van der Waals surface area contributed by atoms with Crippen LogP contribution in [0, 0.1) is 17.2 Å². The third kappa shape index (κ3) is 2.34. The van der Waals surface area contributed by atoms with Crippen LogP contribution in [0.15, 0.2) is 24.3 Å². The molecule has 3 nitrogen and oxygen atoms in total. The van der Waals surface area contributed by atoms with Gasteiger partial charge in [0.25, 0.3) is 0 Å². The average molecular weight is 216 g/mol. The van der Waals surface area contributed by atoms with Gasteiger partial charge in [-0.3, -0.25) is 0 Å². The summed E-state index contributed by atoms with van der Waals surface area (Å²) in [5.74, 6) is 0.371. The fraction of sp³-hybridized carbons (Fsp3) is 0.462. The van der Waals surface area contributed by atoms with Crippen LogP contribution in [0.1, 0.15) is 24.8 Å². The number of nitrogens with one attached hydrogen (secondary N) is 1. The number of nitrogens with zero attached hydrogens (tertiary/aromatic N) is 1. The standard InChI is InChI=1S/C13H16N2O/c14-8-10-4-6-12(7-5-10)15-13-3-1-2-11(13)9-16/h4-7,11,13,15-16H,1-3,9H2. The molecule has 1 aliphatic rings. The second-order valence-corrected chi connectivity index (χ2v) is 4.31. The molecule has 0 amide bonds. The van der Waals surface area contributed by atoms with Crippen molar-refractivity contribution in [1.82, 2.24) is 0 Å². The first-order valence-electron chi connectivity index (χ1n) is 5.71. The van der Waals surface area contributed by atoms with Gasteiger partial charge in [0.1, 0.15) is 0 Å². The van der Waals surface area contributed by atoms with Crippen LogP contribution in [-0.4, -0.2) is 17.8 Å². The minimum Gasteiger partial charge on any atom is -0.396 e. The van der Waals surface area contributed by atoms with Crippen molar-refractivity contribution in [2.45, 2.75) is 25.3 Å². The lowest BCUT2D eigenvalue weighted by Crippen LogP contribution is -2.26. The van der Waals surface area contributed by atoms with E-state index >= 15 is 0 Å². The van der Waals surface area contributed by atoms with E-state index < -0.39 is 0 Å². The molecule has 2 rings (SSSR count). The van der Waals surface area contributed by atoms with Gasteiger partial charge in [-0.1, -0.05) is 6.42 Å². The Morgan fingerprint density at radius 3 is 2.69 bits per heavy atom. The Bertz CT molecular complexity index is 380. The summed E-state index contributed by atoms with van der Waals surface area (Å²) in [5, 5.41) is 21.3. The number of anilines is 1. The molecular formula is C13H16N2O. The maximum absolute atomic E-state index is 9.21. The smallest absolute Gasteiger partial charge is 0.0991 e. The van der Waals surface area contributed by atoms with E-state index in [0.29, 0.717) is 17.5 Å². The van der Waals surface area contributed by atoms with Crippen molar-refractivity contribution in [3.8, 4) is 6.07 Å². The van der Waals surface area contributed by atoms with Gasteiger partial charge in [0.2, 0.25) is 0 Å². The van der Waals surface area contributed by atoms with E-state index in [1.807, 2.05) is 24.3 Å². The Morgan fingerprint density at radius 2 is 2.06 bits per heavy atom. The van der Waals surface area contributed by atoms with E-state index in [1.165, 1.54) is 6.42 Å². The third-order valence-corrected chi connectivity index (χ3v) is 3.26. The van der Waals surface area contributed by atoms with Crippen LogP contribution in [0.2, 0.25) is 0 Å². The van der Waals surface area contributed by atoms with Crippen LogP contribution in [0.5, 0.6) is 0 Å². The zero-order valence-electron chi connectivity index (χ0n) is 9.19. The predicted octanol–water partition coefficient (Wildman–Crippen LogP) is 2.13. The van der Waals surface area contributed by atoms with E-state index in [4.69, 9.17) is 5.26 Å². The molecule has 84 valence electrons. The van der Waals surface area contributed by atoms with Crippen molar-refractivity contribution in [1.29, 1.82) is 5.26 Å². The van der Waals surface area contributed by atoms with Crippen LogP contribution in [0.25, 0.3) is 0 Å². The topological polar surface area (TPSA) is 56.0 Å². The van der Waals surface area contributed by atoms with E-state index in [9.17, 15) is 5.11 Å². The zero-order valence-corrected chi connectivity index (χ0v) is 9.19. The van der Waals surface area contributed by atoms with Crippen LogP contribution in [0.3, 0.4) is 0 Å². The summed E-state index contributed by atoms with van der Waals surface area (Å²) >= 11 is 0. The molecule has 2 unspecified atom stereocenters. The minimum absolute atomic E-state index is 0.258. The molecule has 1 aliphatic carbocycles. The average Bonchev–Trinajstić information content (AvgIpc) is 2.77. The fourth-order valence-electron chi connectivity index (χ4n) is 2.30. The number of benzene rings is 1. The van der Waals surface area contributed by atoms with E-state index in [1.54, 1.807) is 0 Å². The van der Waals surface area contributed by atoms with Crippen LogP contribution in [-0.2, 0) is 0 Å². The van der Waals surface area contributed by atoms with Crippen molar-refractivity contribution in [3.63, 3.8) is 0 Å². The van der Waals surface area contributed by atoms with Crippen LogP contribution in [0.4, 0.5) is 5.69 Å². The highest BCUT2D eigenvalue weighted by atomic mass is 16.3. The quantitative estimate of drug-likeness (QED) is 0.813. The largest absolute Gasteiger partial charge is 0.396 e. The highest BCUT2D eigenvalue weighted by Crippen LogP contribution is 2.28. The van der Waals surface area contributed by atoms with Gasteiger partial charge in [-0.05, 0) is 37.1 Å². The Morgan fingerprint density at radius 1 is 1.31 bits per heavy atom. The summed E-state index contributed by atoms with van der Waals surface area (Å²) < 4.78 is 0. The van der Waals surface area contributed by atoms with Gasteiger partial charge < -0.3 is 10.4 Å². The molecular weight excluding hydrogens is 200 g/mol. The van der Waals surface area contributed by atoms with Gasteiger partial charge in [0.05, 0.1) is 11.6 Å². The van der Waals surface area contributed by atoms with Crippen LogP contribution < -0.4 is 5.32 Å². The Labute approximate surface area is 95.7 Å². The van der Waals surface area contributed by atoms with Gasteiger partial charge in [-0.15, -0.1) is 0 Å². The minimum atomic E-state index is 0.258. The summed E-state index contributed by atoms with van der Waals surface area (Å²) in [6.45, 7) is 0.258. The molecule has 0 aliphatic heterocycles. The molecule has 1 fully saturated rings. The second kappa shape index (κ2) is 5.00. The molecule has 2 N–H and O–H groups in total. The molecule has 0 spiro atoms. The van der Waals surface area contributed by atoms with E-state index in [-0.39, 0.29) is 6.61 Å². The first-order valence-corrected chi connectivity index (χ1v) is 5.71. The monoisotopic (exact) mass is 216 g/mol. The maximum atomic E-state index is 9.21. The lowest BCUT2D eigenvalue weighted by molar-refractivity contribution is 0.222. The summed E-state index contributed by atoms with van der Waals surface area (Å²) in [6, 6.07) is 9.94. The molecule has 0 heterocycles. The first-order chi connectivity index (χ1) is 7.83. The normalized spacial score (nSPS) is 24.0. The zero-order chi connectivity index (χ0) is 11.4. The molecule has 0 aromatic heterocycles. The number of aliphatic hydroxyl groups is 1. The molecule has 3 heteroatoms. The fourth-order valence-corrected chi connectivity index (χ4v) is 2.30. The number of aliphatic hydroxyl groups excluding tert-OH is 1. The predicted molar refractivity (Wildman–Crippen MR) is 63.0 cm³/mol. The summed E-state index contributed by atoms with van der Waals surface area (Å²) in [4.78, 5) is 0. The first kappa shape index (κ1) is 11.0. The van der Waals surface area contributed by atoms with E-state index in [0.717, 1.165) is 18.5 Å². The molecule has 1 aromatic carbocycles. The summed E-state index contributed by atoms with van der Waals surface area (Å²) in [7, 11) is 0. The van der Waals surface area contributed by atoms with Gasteiger partial charge in [-0.2, -0.15) is 5.26 Å². The van der Waals surface area contributed by atoms with E-state index in [2.05, 4.69) is 11.4 Å². The number of nitriles is 1. The Balaban J connectivity index is 2.00. The van der Waals surface area contributed by atoms with Gasteiger partial charge >= 0.3 is 0 Å². The van der Waals surface area contributed by atoms with Crippen molar-refractivity contribution < 1.29 is 5.11 Å². The highest BCUT2D eigenvalue weighted by molar-refractivity contribution is 5.48. The maximum Gasteiger partial charge on any atom is 0.0991 e. The summed E-state index contributed by atoms with van der Waals surface area (Å²) in [6.07, 6.45) is 3.40. The second-order valence-electron chi connectivity index (χ2n) is 4.31. The SMILES string of the molecule is N#Cc1ccc(NC2CCCC2CO)cc1. The molecule has 1 saturated carbocycles. The number of hydrogen-bond acceptors (Lipinski definition) is 3. The number of rotatable bonds is 3. The molecule has 16 heavy (non-hydrogen) atoms. The molecule has 0 radical (unpaired) electrons. The molecule has 0 bridgehead atoms. The third-order valence-electron chi connectivity index (χ3n) is 3.26. The number of hydrogen-bond donors (Lipinski definition) is 2. The Kier molecular flexibility index (Phi) is 3.43.